The van der Waals surface area contributed by atoms with Crippen molar-refractivity contribution >= 4 is 11.6 Å². The van der Waals surface area contributed by atoms with E-state index in [0.29, 0.717) is 84.0 Å². The van der Waals surface area contributed by atoms with Gasteiger partial charge >= 0.3 is 0 Å². The summed E-state index contributed by atoms with van der Waals surface area (Å²) in [5, 5.41) is 0. The number of hydrogen-bond acceptors (Lipinski definition) is 4. The summed E-state index contributed by atoms with van der Waals surface area (Å²) in [7, 11) is 0. The molecule has 2 bridgehead atoms. The standard InChI is InChI=1S/C40H56O4/c1-36(2)14-8-16-39(6)26-18-32(42)40-27(22(26)9-11-30(36)39)20-43-21-28(40)24-19-44-35(40)34-23-10-12-31-37(3,4)13-7-15-38(31,5)25(23)17-29(41)33(24)34/h20,22-26,28,30-31,35H,7-19,21H2,1-6H3/t22-,23-,24+,25+,26+,28-,30+,31+,35+,38-,39-,40-/m1/s1. The molecule has 0 aromatic heterocycles. The average Bonchev–Trinajstić information content (AvgIpc) is 2.97. The summed E-state index contributed by atoms with van der Waals surface area (Å²) in [6.07, 6.45) is 15.6. The first-order valence-corrected chi connectivity index (χ1v) is 18.6. The zero-order chi connectivity index (χ0) is 30.6. The highest BCUT2D eigenvalue weighted by atomic mass is 16.5. The molecule has 3 heterocycles. The second-order valence-electron chi connectivity index (χ2n) is 19.2. The topological polar surface area (TPSA) is 52.6 Å². The van der Waals surface area contributed by atoms with Crippen LogP contribution in [0, 0.1) is 74.4 Å². The van der Waals surface area contributed by atoms with Gasteiger partial charge in [-0.1, -0.05) is 54.4 Å². The molecule has 3 aliphatic heterocycles. The first-order chi connectivity index (χ1) is 20.9. The van der Waals surface area contributed by atoms with Crippen LogP contribution in [-0.2, 0) is 19.1 Å². The van der Waals surface area contributed by atoms with E-state index in [-0.39, 0.29) is 28.8 Å². The molecule has 10 rings (SSSR count). The first-order valence-electron chi connectivity index (χ1n) is 18.6. The van der Waals surface area contributed by atoms with E-state index in [9.17, 15) is 4.79 Å². The lowest BCUT2D eigenvalue weighted by Crippen LogP contribution is -2.70. The van der Waals surface area contributed by atoms with Crippen LogP contribution in [0.2, 0.25) is 0 Å². The van der Waals surface area contributed by atoms with Gasteiger partial charge in [0.1, 0.15) is 5.78 Å². The summed E-state index contributed by atoms with van der Waals surface area (Å²) in [6, 6.07) is 0. The quantitative estimate of drug-likeness (QED) is 0.280. The fourth-order valence-electron chi connectivity index (χ4n) is 15.4. The fourth-order valence-corrected chi connectivity index (χ4v) is 15.4. The Hall–Kier alpha value is -1.42. The van der Waals surface area contributed by atoms with Crippen molar-refractivity contribution in [2.75, 3.05) is 13.2 Å². The number of Topliss-reactive ketones (excluding diaryl/α,β-unsaturated/α-hetero) is 2. The Bertz CT molecular complexity index is 1380. The Morgan fingerprint density at radius 1 is 0.682 bits per heavy atom. The molecule has 0 unspecified atom stereocenters. The predicted octanol–water partition coefficient (Wildman–Crippen LogP) is 8.49. The summed E-state index contributed by atoms with van der Waals surface area (Å²) in [6.45, 7) is 16.2. The SMILES string of the molecule is CC1(C)CCC[C@]2(C)[C@H]3CC(=O)[C@@]45C(=COC[C@@H]4[C@@H]4CO[C@H]5C5=C4C(=O)C[C@H]4[C@H]5CC[C@H]5C(C)(C)CCC[C@]45C)[C@@H]3CC[C@@H]12. The van der Waals surface area contributed by atoms with Crippen LogP contribution in [0.1, 0.15) is 119 Å². The molecule has 44 heavy (non-hydrogen) atoms. The molecule has 0 radical (unpaired) electrons. The minimum absolute atomic E-state index is 0.00140. The maximum atomic E-state index is 15.2. The Labute approximate surface area is 265 Å². The number of carbonyl (C=O) groups is 2. The molecule has 0 N–H and O–H groups in total. The second kappa shape index (κ2) is 8.93. The van der Waals surface area contributed by atoms with Crippen LogP contribution in [0.25, 0.3) is 0 Å². The normalized spacial score (nSPS) is 53.0. The lowest BCUT2D eigenvalue weighted by Gasteiger charge is -2.68. The minimum atomic E-state index is -0.625. The summed E-state index contributed by atoms with van der Waals surface area (Å²) in [5.74, 6) is 3.73. The van der Waals surface area contributed by atoms with Crippen LogP contribution in [0.3, 0.4) is 0 Å². The van der Waals surface area contributed by atoms with Gasteiger partial charge in [0.2, 0.25) is 0 Å². The van der Waals surface area contributed by atoms with Crippen molar-refractivity contribution < 1.29 is 19.1 Å². The third-order valence-corrected chi connectivity index (χ3v) is 17.0. The van der Waals surface area contributed by atoms with Crippen molar-refractivity contribution in [3.8, 4) is 0 Å². The molecule has 4 heteroatoms. The maximum Gasteiger partial charge on any atom is 0.159 e. The van der Waals surface area contributed by atoms with E-state index in [0.717, 1.165) is 18.4 Å². The van der Waals surface area contributed by atoms with E-state index in [1.165, 1.54) is 62.5 Å². The van der Waals surface area contributed by atoms with Gasteiger partial charge in [-0.25, -0.2) is 0 Å². The Balaban J connectivity index is 1.15. The van der Waals surface area contributed by atoms with Crippen LogP contribution in [0.5, 0.6) is 0 Å². The molecule has 1 saturated heterocycles. The molecule has 5 saturated carbocycles. The molecule has 7 aliphatic carbocycles. The highest BCUT2D eigenvalue weighted by Gasteiger charge is 2.73. The smallest absolute Gasteiger partial charge is 0.159 e. The lowest BCUT2D eigenvalue weighted by molar-refractivity contribution is -0.195. The highest BCUT2D eigenvalue weighted by molar-refractivity contribution is 6.01. The molecule has 240 valence electrons. The summed E-state index contributed by atoms with van der Waals surface area (Å²) < 4.78 is 13.4. The van der Waals surface area contributed by atoms with E-state index in [4.69, 9.17) is 9.47 Å². The average molecular weight is 601 g/mol. The lowest BCUT2D eigenvalue weighted by atomic mass is 9.37. The number of rotatable bonds is 0. The predicted molar refractivity (Wildman–Crippen MR) is 170 cm³/mol. The van der Waals surface area contributed by atoms with E-state index >= 15 is 4.79 Å². The van der Waals surface area contributed by atoms with Gasteiger partial charge in [-0.3, -0.25) is 9.59 Å². The van der Waals surface area contributed by atoms with Crippen molar-refractivity contribution in [3.63, 3.8) is 0 Å². The minimum Gasteiger partial charge on any atom is -0.501 e. The van der Waals surface area contributed by atoms with Crippen molar-refractivity contribution in [3.05, 3.63) is 23.0 Å². The number of ether oxygens (including phenoxy) is 2. The molecule has 0 aromatic rings. The van der Waals surface area contributed by atoms with Crippen LogP contribution >= 0.6 is 0 Å². The van der Waals surface area contributed by atoms with E-state index in [1.807, 2.05) is 0 Å². The largest absolute Gasteiger partial charge is 0.501 e. The monoisotopic (exact) mass is 600 g/mol. The third-order valence-electron chi connectivity index (χ3n) is 17.0. The van der Waals surface area contributed by atoms with Gasteiger partial charge in [0.25, 0.3) is 0 Å². The van der Waals surface area contributed by atoms with Gasteiger partial charge < -0.3 is 9.47 Å². The molecule has 1 spiro atoms. The maximum absolute atomic E-state index is 15.2. The van der Waals surface area contributed by atoms with Crippen LogP contribution < -0.4 is 0 Å². The number of carbonyl (C=O) groups excluding carboxylic acids is 2. The van der Waals surface area contributed by atoms with Gasteiger partial charge in [0.05, 0.1) is 31.0 Å². The Morgan fingerprint density at radius 2 is 1.30 bits per heavy atom. The second-order valence-corrected chi connectivity index (χ2v) is 19.2. The summed E-state index contributed by atoms with van der Waals surface area (Å²) in [5.41, 5.74) is 4.11. The number of hydrogen-bond donors (Lipinski definition) is 0. The van der Waals surface area contributed by atoms with Crippen LogP contribution in [-0.4, -0.2) is 30.9 Å². The molecule has 10 aliphatic rings. The molecular formula is C40H56O4. The Morgan fingerprint density at radius 3 is 1.95 bits per heavy atom. The highest BCUT2D eigenvalue weighted by Crippen LogP contribution is 2.73. The van der Waals surface area contributed by atoms with Crippen molar-refractivity contribution in [1.29, 1.82) is 0 Å². The third kappa shape index (κ3) is 3.26. The van der Waals surface area contributed by atoms with E-state index < -0.39 is 5.41 Å². The number of fused-ring (bicyclic) bond motifs is 8. The van der Waals surface area contributed by atoms with Gasteiger partial charge in [0.15, 0.2) is 5.78 Å². The zero-order valence-corrected chi connectivity index (χ0v) is 28.3. The van der Waals surface area contributed by atoms with Crippen molar-refractivity contribution in [1.82, 2.24) is 0 Å². The molecule has 4 nitrogen and oxygen atoms in total. The van der Waals surface area contributed by atoms with Crippen LogP contribution in [0.15, 0.2) is 23.0 Å². The van der Waals surface area contributed by atoms with Crippen LogP contribution in [0.4, 0.5) is 0 Å². The fraction of sp³-hybridized carbons (Fsp3) is 0.850. The zero-order valence-electron chi connectivity index (χ0n) is 28.3. The van der Waals surface area contributed by atoms with Gasteiger partial charge in [-0.2, -0.15) is 0 Å². The molecule has 0 aromatic carbocycles. The van der Waals surface area contributed by atoms with E-state index in [1.54, 1.807) is 0 Å². The van der Waals surface area contributed by atoms with E-state index in [2.05, 4.69) is 47.8 Å². The molecule has 0 amide bonds. The number of ketones is 2. The molecule has 6 fully saturated rings. The first kappa shape index (κ1) is 28.8. The van der Waals surface area contributed by atoms with Gasteiger partial charge in [-0.15, -0.1) is 0 Å². The van der Waals surface area contributed by atoms with Gasteiger partial charge in [0, 0.05) is 30.3 Å². The summed E-state index contributed by atoms with van der Waals surface area (Å²) >= 11 is 0. The molecule has 12 atom stereocenters. The van der Waals surface area contributed by atoms with Crippen molar-refractivity contribution in [2.45, 2.75) is 125 Å². The van der Waals surface area contributed by atoms with Gasteiger partial charge in [-0.05, 0) is 120 Å². The van der Waals surface area contributed by atoms with Crippen molar-refractivity contribution in [2.24, 2.45) is 74.4 Å². The Kier molecular flexibility index (Phi) is 5.84. The molecular weight excluding hydrogens is 544 g/mol. The summed E-state index contributed by atoms with van der Waals surface area (Å²) in [4.78, 5) is 29.6.